The maximum atomic E-state index is 8.92. The second-order valence-corrected chi connectivity index (χ2v) is 3.14. The highest BCUT2D eigenvalue weighted by molar-refractivity contribution is 5.45. The molecule has 0 atom stereocenters. The van der Waals surface area contributed by atoms with E-state index in [-0.39, 0.29) is 6.61 Å². The van der Waals surface area contributed by atoms with E-state index in [9.17, 15) is 0 Å². The first kappa shape index (κ1) is 9.67. The van der Waals surface area contributed by atoms with Crippen molar-refractivity contribution in [3.8, 4) is 5.69 Å². The molecule has 0 unspecified atom stereocenters. The van der Waals surface area contributed by atoms with E-state index >= 15 is 0 Å². The highest BCUT2D eigenvalue weighted by atomic mass is 16.3. The fourth-order valence-corrected chi connectivity index (χ4v) is 1.44. The van der Waals surface area contributed by atoms with Crippen molar-refractivity contribution < 1.29 is 5.11 Å². The van der Waals surface area contributed by atoms with Gasteiger partial charge in [-0.3, -0.25) is 4.98 Å². The van der Waals surface area contributed by atoms with Crippen LogP contribution in [0.4, 0.5) is 5.69 Å². The zero-order valence-electron chi connectivity index (χ0n) is 8.17. The number of aromatic nitrogens is 3. The van der Waals surface area contributed by atoms with Crippen molar-refractivity contribution in [2.24, 2.45) is 0 Å². The molecule has 2 aromatic heterocycles. The van der Waals surface area contributed by atoms with Gasteiger partial charge in [0.25, 0.3) is 0 Å². The molecule has 0 aliphatic heterocycles. The summed E-state index contributed by atoms with van der Waals surface area (Å²) in [5.41, 5.74) is 8.00. The van der Waals surface area contributed by atoms with E-state index in [1.54, 1.807) is 23.3 Å². The standard InChI is InChI=1S/C10H12N4O/c11-9-7-13-14(10(9)3-5-15)8-2-1-4-12-6-8/h1-2,4,6-7,15H,3,5,11H2. The molecule has 0 fully saturated rings. The third-order valence-corrected chi connectivity index (χ3v) is 2.14. The normalized spacial score (nSPS) is 10.5. The van der Waals surface area contributed by atoms with Crippen LogP contribution in [0.2, 0.25) is 0 Å². The van der Waals surface area contributed by atoms with E-state index in [2.05, 4.69) is 10.1 Å². The Balaban J connectivity index is 2.44. The molecule has 0 bridgehead atoms. The molecule has 0 amide bonds. The van der Waals surface area contributed by atoms with Gasteiger partial charge in [0.1, 0.15) is 0 Å². The maximum absolute atomic E-state index is 8.92. The average molecular weight is 204 g/mol. The first-order valence-corrected chi connectivity index (χ1v) is 4.66. The minimum absolute atomic E-state index is 0.0517. The van der Waals surface area contributed by atoms with Crippen LogP contribution < -0.4 is 5.73 Å². The Labute approximate surface area is 87.2 Å². The Morgan fingerprint density at radius 3 is 2.93 bits per heavy atom. The third kappa shape index (κ3) is 1.82. The van der Waals surface area contributed by atoms with Gasteiger partial charge in [0.15, 0.2) is 0 Å². The monoisotopic (exact) mass is 204 g/mol. The van der Waals surface area contributed by atoms with E-state index in [0.29, 0.717) is 12.1 Å². The topological polar surface area (TPSA) is 77.0 Å². The summed E-state index contributed by atoms with van der Waals surface area (Å²) in [7, 11) is 0. The number of rotatable bonds is 3. The van der Waals surface area contributed by atoms with Gasteiger partial charge in [-0.15, -0.1) is 0 Å². The Morgan fingerprint density at radius 2 is 2.27 bits per heavy atom. The smallest absolute Gasteiger partial charge is 0.0832 e. The van der Waals surface area contributed by atoms with Crippen LogP contribution in [-0.4, -0.2) is 26.5 Å². The molecule has 0 saturated heterocycles. The number of aliphatic hydroxyl groups excluding tert-OH is 1. The van der Waals surface area contributed by atoms with Gasteiger partial charge in [-0.25, -0.2) is 4.68 Å². The third-order valence-electron chi connectivity index (χ3n) is 2.14. The summed E-state index contributed by atoms with van der Waals surface area (Å²) < 4.78 is 1.69. The van der Waals surface area contributed by atoms with Gasteiger partial charge in [-0.1, -0.05) is 0 Å². The van der Waals surface area contributed by atoms with Crippen LogP contribution in [0.3, 0.4) is 0 Å². The highest BCUT2D eigenvalue weighted by Crippen LogP contribution is 2.15. The van der Waals surface area contributed by atoms with Crippen molar-refractivity contribution in [3.63, 3.8) is 0 Å². The van der Waals surface area contributed by atoms with Crippen molar-refractivity contribution >= 4 is 5.69 Å². The molecule has 5 nitrogen and oxygen atoms in total. The fourth-order valence-electron chi connectivity index (χ4n) is 1.44. The zero-order valence-corrected chi connectivity index (χ0v) is 8.17. The van der Waals surface area contributed by atoms with Gasteiger partial charge >= 0.3 is 0 Å². The van der Waals surface area contributed by atoms with Gasteiger partial charge in [0.05, 0.1) is 29.5 Å². The first-order chi connectivity index (χ1) is 7.33. The summed E-state index contributed by atoms with van der Waals surface area (Å²) in [4.78, 5) is 4.01. The zero-order chi connectivity index (χ0) is 10.7. The molecule has 2 rings (SSSR count). The molecule has 0 radical (unpaired) electrons. The van der Waals surface area contributed by atoms with Crippen molar-refractivity contribution in [1.82, 2.24) is 14.8 Å². The van der Waals surface area contributed by atoms with Crippen molar-refractivity contribution in [2.45, 2.75) is 6.42 Å². The molecule has 15 heavy (non-hydrogen) atoms. The lowest BCUT2D eigenvalue weighted by atomic mass is 10.3. The summed E-state index contributed by atoms with van der Waals surface area (Å²) >= 11 is 0. The van der Waals surface area contributed by atoms with Gasteiger partial charge in [-0.05, 0) is 12.1 Å². The fraction of sp³-hybridized carbons (Fsp3) is 0.200. The Morgan fingerprint density at radius 1 is 1.40 bits per heavy atom. The quantitative estimate of drug-likeness (QED) is 0.758. The molecule has 78 valence electrons. The van der Waals surface area contributed by atoms with E-state index in [1.165, 1.54) is 0 Å². The Kier molecular flexibility index (Phi) is 2.64. The lowest BCUT2D eigenvalue weighted by Crippen LogP contribution is -2.06. The number of hydrogen-bond donors (Lipinski definition) is 2. The number of hydrogen-bond acceptors (Lipinski definition) is 4. The van der Waals surface area contributed by atoms with Crippen molar-refractivity contribution in [3.05, 3.63) is 36.4 Å². The number of nitrogen functional groups attached to an aromatic ring is 1. The average Bonchev–Trinajstić information content (AvgIpc) is 2.63. The van der Waals surface area contributed by atoms with Crippen molar-refractivity contribution in [2.75, 3.05) is 12.3 Å². The van der Waals surface area contributed by atoms with Crippen LogP contribution in [0, 0.1) is 0 Å². The molecule has 0 aliphatic carbocycles. The molecule has 3 N–H and O–H groups in total. The lowest BCUT2D eigenvalue weighted by molar-refractivity contribution is 0.297. The van der Waals surface area contributed by atoms with Crippen LogP contribution in [0.1, 0.15) is 5.69 Å². The molecule has 0 aliphatic rings. The number of anilines is 1. The molecule has 0 spiro atoms. The van der Waals surface area contributed by atoms with Gasteiger partial charge < -0.3 is 10.8 Å². The van der Waals surface area contributed by atoms with Crippen LogP contribution in [0.5, 0.6) is 0 Å². The molecule has 0 aromatic carbocycles. The van der Waals surface area contributed by atoms with Crippen LogP contribution in [0.15, 0.2) is 30.7 Å². The van der Waals surface area contributed by atoms with Crippen LogP contribution in [0.25, 0.3) is 5.69 Å². The first-order valence-electron chi connectivity index (χ1n) is 4.66. The minimum atomic E-state index is 0.0517. The minimum Gasteiger partial charge on any atom is -0.396 e. The van der Waals surface area contributed by atoms with E-state index in [4.69, 9.17) is 10.8 Å². The van der Waals surface area contributed by atoms with Crippen LogP contribution >= 0.6 is 0 Å². The summed E-state index contributed by atoms with van der Waals surface area (Å²) in [6.45, 7) is 0.0517. The number of nitrogens with zero attached hydrogens (tertiary/aromatic N) is 3. The second kappa shape index (κ2) is 4.10. The molecular formula is C10H12N4O. The van der Waals surface area contributed by atoms with Gasteiger partial charge in [-0.2, -0.15) is 5.10 Å². The Hall–Kier alpha value is -1.88. The van der Waals surface area contributed by atoms with E-state index in [1.807, 2.05) is 12.1 Å². The predicted molar refractivity (Wildman–Crippen MR) is 56.6 cm³/mol. The maximum Gasteiger partial charge on any atom is 0.0832 e. The SMILES string of the molecule is Nc1cnn(-c2cccnc2)c1CCO. The summed E-state index contributed by atoms with van der Waals surface area (Å²) in [5.74, 6) is 0. The molecule has 0 saturated carbocycles. The van der Waals surface area contributed by atoms with Gasteiger partial charge in [0, 0.05) is 19.2 Å². The largest absolute Gasteiger partial charge is 0.396 e. The summed E-state index contributed by atoms with van der Waals surface area (Å²) in [6.07, 6.45) is 5.47. The molecular weight excluding hydrogens is 192 g/mol. The van der Waals surface area contributed by atoms with E-state index < -0.39 is 0 Å². The molecule has 5 heteroatoms. The number of aliphatic hydroxyl groups is 1. The molecule has 2 heterocycles. The predicted octanol–water partition coefficient (Wildman–Crippen LogP) is 0.384. The van der Waals surface area contributed by atoms with E-state index in [0.717, 1.165) is 11.4 Å². The Bertz CT molecular complexity index is 438. The van der Waals surface area contributed by atoms with Crippen molar-refractivity contribution in [1.29, 1.82) is 0 Å². The number of pyridine rings is 1. The molecule has 2 aromatic rings. The second-order valence-electron chi connectivity index (χ2n) is 3.14. The van der Waals surface area contributed by atoms with Crippen LogP contribution in [-0.2, 0) is 6.42 Å². The van der Waals surface area contributed by atoms with Gasteiger partial charge in [0.2, 0.25) is 0 Å². The highest BCUT2D eigenvalue weighted by Gasteiger charge is 2.08. The summed E-state index contributed by atoms with van der Waals surface area (Å²) in [5, 5.41) is 13.1. The summed E-state index contributed by atoms with van der Waals surface area (Å²) in [6, 6.07) is 3.72. The lowest BCUT2D eigenvalue weighted by Gasteiger charge is -2.06. The number of nitrogens with two attached hydrogens (primary N) is 1.